The van der Waals surface area contributed by atoms with Gasteiger partial charge in [0.05, 0.1) is 0 Å². The van der Waals surface area contributed by atoms with Crippen LogP contribution in [-0.4, -0.2) is 43.2 Å². The van der Waals surface area contributed by atoms with Crippen molar-refractivity contribution in [3.8, 4) is 0 Å². The largest absolute Gasteiger partial charge is 0.335 e. The van der Waals surface area contributed by atoms with Crippen LogP contribution in [0.15, 0.2) is 30.3 Å². The normalized spacial score (nSPS) is 25.8. The summed E-state index contributed by atoms with van der Waals surface area (Å²) in [6.45, 7) is 2.04. The summed E-state index contributed by atoms with van der Waals surface area (Å²) in [5.74, 6) is 0.659. The summed E-state index contributed by atoms with van der Waals surface area (Å²) in [6.07, 6.45) is 6.64. The van der Waals surface area contributed by atoms with Crippen molar-refractivity contribution >= 4 is 6.03 Å². The van der Waals surface area contributed by atoms with Gasteiger partial charge in [-0.05, 0) is 63.1 Å². The Morgan fingerprint density at radius 1 is 1.04 bits per heavy atom. The van der Waals surface area contributed by atoms with Gasteiger partial charge in [-0.2, -0.15) is 0 Å². The number of piperidine rings is 1. The summed E-state index contributed by atoms with van der Waals surface area (Å²) in [4.78, 5) is 14.4. The average molecular weight is 315 g/mol. The van der Waals surface area contributed by atoms with Gasteiger partial charge in [0.1, 0.15) is 0 Å². The minimum absolute atomic E-state index is 0.111. The topological polar surface area (TPSA) is 44.4 Å². The molecule has 1 saturated heterocycles. The molecule has 1 aromatic carbocycles. The molecule has 2 fully saturated rings. The van der Waals surface area contributed by atoms with Gasteiger partial charge >= 0.3 is 6.03 Å². The fraction of sp³-hybridized carbons (Fsp3) is 0.632. The standard InChI is InChI=1S/C19H29N3O/c1-22(18-11-13-20-14-12-18)19(23)21-17-9-7-16(8-10-17)15-5-3-2-4-6-15/h2-6,16-18,20H,7-14H2,1H3,(H,21,23)/t16-,17-. The molecule has 0 atom stereocenters. The molecule has 2 N–H and O–H groups in total. The highest BCUT2D eigenvalue weighted by Gasteiger charge is 2.26. The Labute approximate surface area is 139 Å². The van der Waals surface area contributed by atoms with E-state index in [1.165, 1.54) is 18.4 Å². The zero-order valence-electron chi connectivity index (χ0n) is 14.1. The fourth-order valence-corrected chi connectivity index (χ4v) is 3.93. The first-order valence-electron chi connectivity index (χ1n) is 9.03. The Hall–Kier alpha value is -1.55. The van der Waals surface area contributed by atoms with Gasteiger partial charge in [-0.15, -0.1) is 0 Å². The van der Waals surface area contributed by atoms with Gasteiger partial charge in [0.2, 0.25) is 0 Å². The molecule has 0 spiro atoms. The summed E-state index contributed by atoms with van der Waals surface area (Å²) in [5.41, 5.74) is 1.45. The van der Waals surface area contributed by atoms with Gasteiger partial charge in [-0.3, -0.25) is 0 Å². The van der Waals surface area contributed by atoms with Crippen LogP contribution in [0.2, 0.25) is 0 Å². The van der Waals surface area contributed by atoms with E-state index in [-0.39, 0.29) is 6.03 Å². The van der Waals surface area contributed by atoms with Gasteiger partial charge in [0.25, 0.3) is 0 Å². The Kier molecular flexibility index (Phi) is 5.55. The third-order valence-corrected chi connectivity index (χ3v) is 5.50. The Morgan fingerprint density at radius 3 is 2.35 bits per heavy atom. The van der Waals surface area contributed by atoms with Crippen LogP contribution in [0.5, 0.6) is 0 Å². The molecule has 2 amide bonds. The van der Waals surface area contributed by atoms with Crippen molar-refractivity contribution in [2.75, 3.05) is 20.1 Å². The third-order valence-electron chi connectivity index (χ3n) is 5.50. The minimum atomic E-state index is 0.111. The van der Waals surface area contributed by atoms with Gasteiger partial charge in [-0.25, -0.2) is 4.79 Å². The number of carbonyl (C=O) groups is 1. The van der Waals surface area contributed by atoms with Crippen molar-refractivity contribution in [1.29, 1.82) is 0 Å². The van der Waals surface area contributed by atoms with E-state index in [2.05, 4.69) is 41.0 Å². The molecular formula is C19H29N3O. The Bertz CT molecular complexity index is 491. The second-order valence-corrected chi connectivity index (χ2v) is 7.00. The molecule has 2 aliphatic rings. The third kappa shape index (κ3) is 4.25. The first-order chi connectivity index (χ1) is 11.2. The maximum atomic E-state index is 12.5. The molecule has 1 aromatic rings. The van der Waals surface area contributed by atoms with Crippen LogP contribution in [0.3, 0.4) is 0 Å². The number of nitrogens with zero attached hydrogens (tertiary/aromatic N) is 1. The Morgan fingerprint density at radius 2 is 1.70 bits per heavy atom. The second-order valence-electron chi connectivity index (χ2n) is 7.00. The fourth-order valence-electron chi connectivity index (χ4n) is 3.93. The van der Waals surface area contributed by atoms with E-state index < -0.39 is 0 Å². The summed E-state index contributed by atoms with van der Waals surface area (Å²) in [7, 11) is 1.95. The van der Waals surface area contributed by atoms with Crippen LogP contribution in [0, 0.1) is 0 Å². The second kappa shape index (κ2) is 7.82. The van der Waals surface area contributed by atoms with E-state index in [0.717, 1.165) is 38.8 Å². The van der Waals surface area contributed by atoms with E-state index in [9.17, 15) is 4.79 Å². The predicted molar refractivity (Wildman–Crippen MR) is 93.6 cm³/mol. The molecule has 23 heavy (non-hydrogen) atoms. The smallest absolute Gasteiger partial charge is 0.317 e. The zero-order valence-corrected chi connectivity index (χ0v) is 14.1. The van der Waals surface area contributed by atoms with Gasteiger partial charge < -0.3 is 15.5 Å². The maximum Gasteiger partial charge on any atom is 0.317 e. The van der Waals surface area contributed by atoms with Crippen LogP contribution in [-0.2, 0) is 0 Å². The molecule has 1 aliphatic carbocycles. The van der Waals surface area contributed by atoms with Crippen LogP contribution >= 0.6 is 0 Å². The molecule has 1 heterocycles. The lowest BCUT2D eigenvalue weighted by Crippen LogP contribution is -2.50. The molecule has 1 saturated carbocycles. The van der Waals surface area contributed by atoms with Crippen LogP contribution < -0.4 is 10.6 Å². The number of urea groups is 1. The van der Waals surface area contributed by atoms with Gasteiger partial charge in [0.15, 0.2) is 0 Å². The number of rotatable bonds is 3. The zero-order chi connectivity index (χ0) is 16.1. The van der Waals surface area contributed by atoms with E-state index in [1.807, 2.05) is 11.9 Å². The van der Waals surface area contributed by atoms with Crippen molar-refractivity contribution in [3.63, 3.8) is 0 Å². The molecule has 0 bridgehead atoms. The molecule has 0 radical (unpaired) electrons. The monoisotopic (exact) mass is 315 g/mol. The van der Waals surface area contributed by atoms with Crippen molar-refractivity contribution < 1.29 is 4.79 Å². The highest BCUT2D eigenvalue weighted by atomic mass is 16.2. The first-order valence-corrected chi connectivity index (χ1v) is 9.03. The first kappa shape index (κ1) is 16.3. The van der Waals surface area contributed by atoms with Crippen molar-refractivity contribution in [1.82, 2.24) is 15.5 Å². The van der Waals surface area contributed by atoms with Crippen LogP contribution in [0.4, 0.5) is 4.79 Å². The summed E-state index contributed by atoms with van der Waals surface area (Å²) in [5, 5.41) is 6.61. The maximum absolute atomic E-state index is 12.5. The number of hydrogen-bond acceptors (Lipinski definition) is 2. The molecule has 126 valence electrons. The highest BCUT2D eigenvalue weighted by molar-refractivity contribution is 5.74. The molecule has 4 nitrogen and oxygen atoms in total. The molecule has 0 aromatic heterocycles. The van der Waals surface area contributed by atoms with E-state index in [1.54, 1.807) is 0 Å². The number of amides is 2. The molecule has 1 aliphatic heterocycles. The summed E-state index contributed by atoms with van der Waals surface area (Å²) in [6, 6.07) is 11.6. The van der Waals surface area contributed by atoms with Crippen molar-refractivity contribution in [3.05, 3.63) is 35.9 Å². The lowest BCUT2D eigenvalue weighted by molar-refractivity contribution is 0.169. The van der Waals surface area contributed by atoms with E-state index in [4.69, 9.17) is 0 Å². The van der Waals surface area contributed by atoms with Crippen LogP contribution in [0.25, 0.3) is 0 Å². The number of carbonyl (C=O) groups excluding carboxylic acids is 1. The summed E-state index contributed by atoms with van der Waals surface area (Å²) >= 11 is 0. The lowest BCUT2D eigenvalue weighted by Gasteiger charge is -2.35. The molecular weight excluding hydrogens is 286 g/mol. The van der Waals surface area contributed by atoms with Crippen molar-refractivity contribution in [2.24, 2.45) is 0 Å². The Balaban J connectivity index is 1.45. The number of hydrogen-bond donors (Lipinski definition) is 2. The van der Waals surface area contributed by atoms with Crippen molar-refractivity contribution in [2.45, 2.75) is 56.5 Å². The molecule has 0 unspecified atom stereocenters. The molecule has 3 rings (SSSR count). The SMILES string of the molecule is CN(C(=O)N[C@H]1CC[C@H](c2ccccc2)CC1)C1CCNCC1. The van der Waals surface area contributed by atoms with Crippen LogP contribution in [0.1, 0.15) is 50.0 Å². The molecule has 4 heteroatoms. The highest BCUT2D eigenvalue weighted by Crippen LogP contribution is 2.32. The van der Waals surface area contributed by atoms with E-state index >= 15 is 0 Å². The number of nitrogens with one attached hydrogen (secondary N) is 2. The predicted octanol–water partition coefficient (Wildman–Crippen LogP) is 3.11. The van der Waals surface area contributed by atoms with Gasteiger partial charge in [-0.1, -0.05) is 30.3 Å². The average Bonchev–Trinajstić information content (AvgIpc) is 2.63. The lowest BCUT2D eigenvalue weighted by atomic mass is 9.82. The summed E-state index contributed by atoms with van der Waals surface area (Å²) < 4.78 is 0. The minimum Gasteiger partial charge on any atom is -0.335 e. The quantitative estimate of drug-likeness (QED) is 0.900. The number of benzene rings is 1. The van der Waals surface area contributed by atoms with E-state index in [0.29, 0.717) is 18.0 Å². The van der Waals surface area contributed by atoms with Gasteiger partial charge in [0, 0.05) is 19.1 Å².